The molecule has 0 amide bonds. The monoisotopic (exact) mass is 510 g/mol. The van der Waals surface area contributed by atoms with Gasteiger partial charge >= 0.3 is 11.9 Å². The second kappa shape index (κ2) is 9.43. The molecule has 0 spiro atoms. The van der Waals surface area contributed by atoms with E-state index in [0.29, 0.717) is 11.2 Å². The van der Waals surface area contributed by atoms with Gasteiger partial charge in [-0.25, -0.2) is 23.9 Å². The predicted octanol–water partition coefficient (Wildman–Crippen LogP) is 0.714. The predicted molar refractivity (Wildman–Crippen MR) is 115 cm³/mol. The van der Waals surface area contributed by atoms with Gasteiger partial charge in [-0.2, -0.15) is 4.98 Å². The van der Waals surface area contributed by atoms with Crippen LogP contribution < -0.4 is 0 Å². The fourth-order valence-electron chi connectivity index (χ4n) is 3.84. The van der Waals surface area contributed by atoms with E-state index in [4.69, 9.17) is 21.1 Å². The molecule has 1 aliphatic rings. The smallest absolute Gasteiger partial charge is 0.348 e. The molecular formula is C21H20ClFN4O8. The van der Waals surface area contributed by atoms with Crippen LogP contribution in [0.3, 0.4) is 0 Å². The number of fused-ring (bicyclic) bond motifs is 1. The Morgan fingerprint density at radius 1 is 1.17 bits per heavy atom. The highest BCUT2D eigenvalue weighted by molar-refractivity contribution is 6.28. The van der Waals surface area contributed by atoms with Crippen molar-refractivity contribution in [1.29, 1.82) is 0 Å². The van der Waals surface area contributed by atoms with Gasteiger partial charge in [-0.05, 0) is 36.2 Å². The Labute approximate surface area is 201 Å². The maximum Gasteiger partial charge on any atom is 0.348 e. The molecule has 35 heavy (non-hydrogen) atoms. The summed E-state index contributed by atoms with van der Waals surface area (Å²) in [5, 5.41) is 40.4. The number of aromatic nitrogens is 4. The van der Waals surface area contributed by atoms with E-state index in [1.54, 1.807) is 6.92 Å². The lowest BCUT2D eigenvalue weighted by atomic mass is 9.94. The number of imidazole rings is 1. The summed E-state index contributed by atoms with van der Waals surface area (Å²) >= 11 is 5.92. The lowest BCUT2D eigenvalue weighted by molar-refractivity contribution is -0.190. The molecule has 1 fully saturated rings. The number of aryl methyl sites for hydroxylation is 1. The molecule has 3 heterocycles. The summed E-state index contributed by atoms with van der Waals surface area (Å²) in [7, 11) is 0. The van der Waals surface area contributed by atoms with Gasteiger partial charge in [-0.15, -0.1) is 0 Å². The van der Waals surface area contributed by atoms with Gasteiger partial charge in [0.25, 0.3) is 5.60 Å². The number of carboxylic acid groups (broad SMARTS) is 2. The van der Waals surface area contributed by atoms with Crippen molar-refractivity contribution in [3.8, 4) is 0 Å². The first-order valence-corrected chi connectivity index (χ1v) is 10.6. The molecule has 186 valence electrons. The van der Waals surface area contributed by atoms with Gasteiger partial charge in [0.05, 0.1) is 18.6 Å². The molecular weight excluding hydrogens is 491 g/mol. The fraction of sp³-hybridized carbons (Fsp3) is 0.381. The van der Waals surface area contributed by atoms with Crippen LogP contribution in [0.1, 0.15) is 17.5 Å². The molecule has 1 aliphatic heterocycles. The van der Waals surface area contributed by atoms with Crippen LogP contribution in [0.15, 0.2) is 30.6 Å². The van der Waals surface area contributed by atoms with Crippen molar-refractivity contribution < 1.29 is 43.9 Å². The Morgan fingerprint density at radius 3 is 2.46 bits per heavy atom. The number of carbonyl (C=O) groups is 2. The number of halogens is 2. The highest BCUT2D eigenvalue weighted by atomic mass is 35.5. The minimum Gasteiger partial charge on any atom is -0.479 e. The molecule has 0 saturated carbocycles. The molecule has 4 atom stereocenters. The maximum absolute atomic E-state index is 13.2. The summed E-state index contributed by atoms with van der Waals surface area (Å²) in [6.45, 7) is 0.957. The van der Waals surface area contributed by atoms with Gasteiger partial charge in [-0.3, -0.25) is 4.57 Å². The molecule has 4 N–H and O–H groups in total. The second-order valence-electron chi connectivity index (χ2n) is 8.00. The molecule has 3 aromatic rings. The highest BCUT2D eigenvalue weighted by Gasteiger charge is 2.51. The fourth-order valence-corrected chi connectivity index (χ4v) is 4.05. The Morgan fingerprint density at radius 2 is 1.83 bits per heavy atom. The lowest BCUT2D eigenvalue weighted by Crippen LogP contribution is -2.52. The summed E-state index contributed by atoms with van der Waals surface area (Å²) < 4.78 is 25.6. The molecule has 1 saturated heterocycles. The van der Waals surface area contributed by atoms with Gasteiger partial charge in [-0.1, -0.05) is 12.1 Å². The van der Waals surface area contributed by atoms with E-state index >= 15 is 0 Å². The third-order valence-corrected chi connectivity index (χ3v) is 5.90. The second-order valence-corrected chi connectivity index (χ2v) is 8.34. The van der Waals surface area contributed by atoms with Gasteiger partial charge < -0.3 is 29.9 Å². The Balaban J connectivity index is 1.57. The van der Waals surface area contributed by atoms with Crippen molar-refractivity contribution in [3.63, 3.8) is 0 Å². The standard InChI is InChI=1S/C21H20ClFN4O8/c1-9-13-16(26-20(22)25-9)27(8-24-13)17-15(29)14(28)12(35-17)7-34-21(18(30)31,19(32)33)6-10-2-4-11(23)5-3-10/h2-5,8,12,14-15,17,28-29H,6-7H2,1H3,(H,30,31)(H,32,33)/t12-,14-,15-,17-/m1/s1. The first-order valence-electron chi connectivity index (χ1n) is 10.3. The van der Waals surface area contributed by atoms with Crippen molar-refractivity contribution in [2.24, 2.45) is 0 Å². The zero-order valence-corrected chi connectivity index (χ0v) is 18.8. The summed E-state index contributed by atoms with van der Waals surface area (Å²) in [5.41, 5.74) is -1.49. The number of aliphatic carboxylic acids is 2. The molecule has 1 aromatic carbocycles. The average Bonchev–Trinajstić information content (AvgIpc) is 3.33. The Hall–Kier alpha value is -3.23. The normalized spacial score (nSPS) is 22.5. The third kappa shape index (κ3) is 4.56. The van der Waals surface area contributed by atoms with Crippen LogP contribution in [-0.2, 0) is 25.5 Å². The number of carboxylic acids is 2. The SMILES string of the molecule is Cc1nc(Cl)nc2c1ncn2[C@@H]1O[C@H](COC(Cc2ccc(F)cc2)(C(=O)O)C(=O)O)[C@@H](O)[C@H]1O. The number of nitrogens with zero attached hydrogens (tertiary/aromatic N) is 4. The van der Waals surface area contributed by atoms with Gasteiger partial charge in [0, 0.05) is 6.42 Å². The minimum atomic E-state index is -2.76. The summed E-state index contributed by atoms with van der Waals surface area (Å²) in [6.07, 6.45) is -4.93. The van der Waals surface area contributed by atoms with Crippen molar-refractivity contribution in [2.75, 3.05) is 6.61 Å². The number of aliphatic hydroxyl groups is 2. The van der Waals surface area contributed by atoms with Crippen LogP contribution in [0.2, 0.25) is 5.28 Å². The van der Waals surface area contributed by atoms with Crippen molar-refractivity contribution in [3.05, 3.63) is 53.0 Å². The van der Waals surface area contributed by atoms with E-state index in [-0.39, 0.29) is 16.5 Å². The quantitative estimate of drug-likeness (QED) is 0.248. The molecule has 0 unspecified atom stereocenters. The highest BCUT2D eigenvalue weighted by Crippen LogP contribution is 2.33. The molecule has 0 aliphatic carbocycles. The zero-order chi connectivity index (χ0) is 25.5. The van der Waals surface area contributed by atoms with E-state index in [0.717, 1.165) is 12.1 Å². The van der Waals surface area contributed by atoms with Gasteiger partial charge in [0.15, 0.2) is 11.9 Å². The summed E-state index contributed by atoms with van der Waals surface area (Å²) in [4.78, 5) is 36.2. The Kier molecular flexibility index (Phi) is 6.71. The average molecular weight is 511 g/mol. The van der Waals surface area contributed by atoms with Gasteiger partial charge in [0.2, 0.25) is 5.28 Å². The number of hydrogen-bond acceptors (Lipinski definition) is 9. The Bertz CT molecular complexity index is 1260. The first-order chi connectivity index (χ1) is 16.5. The van der Waals surface area contributed by atoms with Gasteiger partial charge in [0.1, 0.15) is 29.6 Å². The number of ether oxygens (including phenoxy) is 2. The van der Waals surface area contributed by atoms with Crippen LogP contribution in [0, 0.1) is 12.7 Å². The number of rotatable bonds is 8. The van der Waals surface area contributed by atoms with Crippen molar-refractivity contribution in [2.45, 2.75) is 43.5 Å². The van der Waals surface area contributed by atoms with E-state index in [2.05, 4.69) is 15.0 Å². The molecule has 0 bridgehead atoms. The van der Waals surface area contributed by atoms with E-state index < -0.39 is 60.9 Å². The molecule has 0 radical (unpaired) electrons. The summed E-state index contributed by atoms with van der Waals surface area (Å²) in [5.74, 6) is -4.19. The minimum absolute atomic E-state index is 0.0711. The first kappa shape index (κ1) is 24.9. The molecule has 14 heteroatoms. The number of benzene rings is 1. The van der Waals surface area contributed by atoms with Crippen LogP contribution in [0.4, 0.5) is 4.39 Å². The number of hydrogen-bond donors (Lipinski definition) is 4. The number of aliphatic hydroxyl groups excluding tert-OH is 2. The largest absolute Gasteiger partial charge is 0.479 e. The molecule has 4 rings (SSSR count). The van der Waals surface area contributed by atoms with E-state index in [1.807, 2.05) is 0 Å². The van der Waals surface area contributed by atoms with Crippen LogP contribution in [0.5, 0.6) is 0 Å². The van der Waals surface area contributed by atoms with Crippen LogP contribution >= 0.6 is 11.6 Å². The van der Waals surface area contributed by atoms with Crippen LogP contribution in [0.25, 0.3) is 11.2 Å². The van der Waals surface area contributed by atoms with E-state index in [1.165, 1.54) is 23.0 Å². The van der Waals surface area contributed by atoms with Crippen molar-refractivity contribution >= 4 is 34.7 Å². The summed E-state index contributed by atoms with van der Waals surface area (Å²) in [6, 6.07) is 4.58. The van der Waals surface area contributed by atoms with E-state index in [9.17, 15) is 34.4 Å². The maximum atomic E-state index is 13.2. The topological polar surface area (TPSA) is 177 Å². The zero-order valence-electron chi connectivity index (χ0n) is 18.1. The van der Waals surface area contributed by atoms with Crippen molar-refractivity contribution in [1.82, 2.24) is 19.5 Å². The molecule has 2 aromatic heterocycles. The van der Waals surface area contributed by atoms with Crippen LogP contribution in [-0.4, -0.2) is 82.4 Å². The molecule has 12 nitrogen and oxygen atoms in total. The lowest BCUT2D eigenvalue weighted by Gasteiger charge is -2.27. The third-order valence-electron chi connectivity index (χ3n) is 5.73.